The number of carbonyl (C=O) groups excluding carboxylic acids is 3. The molecule has 23 heavy (non-hydrogen) atoms. The Morgan fingerprint density at radius 1 is 1.39 bits per heavy atom. The van der Waals surface area contributed by atoms with E-state index in [0.717, 1.165) is 17.7 Å². The Bertz CT molecular complexity index is 705. The van der Waals surface area contributed by atoms with Crippen molar-refractivity contribution in [2.24, 2.45) is 5.92 Å². The molecule has 1 saturated carbocycles. The summed E-state index contributed by atoms with van der Waals surface area (Å²) in [6.07, 6.45) is 1.81. The van der Waals surface area contributed by atoms with Gasteiger partial charge in [0.15, 0.2) is 0 Å². The predicted molar refractivity (Wildman–Crippen MR) is 86.5 cm³/mol. The minimum atomic E-state index is -0.894. The molecule has 6 nitrogen and oxygen atoms in total. The van der Waals surface area contributed by atoms with Crippen LogP contribution in [0.15, 0.2) is 18.2 Å². The lowest BCUT2D eigenvalue weighted by atomic mass is 9.96. The molecule has 2 N–H and O–H groups in total. The summed E-state index contributed by atoms with van der Waals surface area (Å²) in [5, 5.41) is 6.00. The van der Waals surface area contributed by atoms with E-state index in [1.54, 1.807) is 19.1 Å². The number of urea groups is 1. The molecule has 1 saturated heterocycles. The van der Waals surface area contributed by atoms with Crippen LogP contribution in [0.25, 0.3) is 0 Å². The van der Waals surface area contributed by atoms with Gasteiger partial charge in [-0.1, -0.05) is 23.2 Å². The highest BCUT2D eigenvalue weighted by Crippen LogP contribution is 2.42. The van der Waals surface area contributed by atoms with Crippen LogP contribution in [0.2, 0.25) is 10.0 Å². The quantitative estimate of drug-likeness (QED) is 0.814. The zero-order valence-electron chi connectivity index (χ0n) is 12.4. The number of rotatable bonds is 4. The molecule has 2 fully saturated rings. The summed E-state index contributed by atoms with van der Waals surface area (Å²) < 4.78 is 0. The zero-order valence-corrected chi connectivity index (χ0v) is 13.9. The first-order chi connectivity index (χ1) is 10.8. The molecule has 4 amide bonds. The van der Waals surface area contributed by atoms with Crippen LogP contribution in [-0.2, 0) is 9.59 Å². The molecule has 1 aromatic rings. The molecule has 1 unspecified atom stereocenters. The lowest BCUT2D eigenvalue weighted by Gasteiger charge is -2.20. The molecule has 0 aromatic heterocycles. The van der Waals surface area contributed by atoms with Gasteiger partial charge in [-0.3, -0.25) is 14.5 Å². The maximum Gasteiger partial charge on any atom is 0.325 e. The molecule has 1 aliphatic heterocycles. The van der Waals surface area contributed by atoms with Gasteiger partial charge in [-0.15, -0.1) is 0 Å². The third-order valence-electron chi connectivity index (χ3n) is 4.20. The number of halogens is 2. The largest absolute Gasteiger partial charge is 0.325 e. The van der Waals surface area contributed by atoms with Crippen molar-refractivity contribution in [3.8, 4) is 0 Å². The third-order valence-corrected chi connectivity index (χ3v) is 4.75. The fourth-order valence-electron chi connectivity index (χ4n) is 2.72. The number of hydrogen-bond acceptors (Lipinski definition) is 3. The number of imide groups is 1. The molecule has 0 bridgehead atoms. The highest BCUT2D eigenvalue weighted by molar-refractivity contribution is 6.36. The van der Waals surface area contributed by atoms with E-state index in [1.165, 1.54) is 6.07 Å². The summed E-state index contributed by atoms with van der Waals surface area (Å²) in [4.78, 5) is 37.5. The van der Waals surface area contributed by atoms with Gasteiger partial charge in [-0.05, 0) is 43.9 Å². The predicted octanol–water partition coefficient (Wildman–Crippen LogP) is 2.65. The first-order valence-corrected chi connectivity index (χ1v) is 7.96. The highest BCUT2D eigenvalue weighted by Gasteiger charge is 2.56. The third kappa shape index (κ3) is 3.01. The number of carbonyl (C=O) groups is 3. The van der Waals surface area contributed by atoms with Crippen LogP contribution in [0, 0.1) is 5.92 Å². The van der Waals surface area contributed by atoms with Crippen LogP contribution in [0.5, 0.6) is 0 Å². The van der Waals surface area contributed by atoms with Crippen LogP contribution in [-0.4, -0.2) is 34.8 Å². The summed E-state index contributed by atoms with van der Waals surface area (Å²) in [5.74, 6) is -0.710. The van der Waals surface area contributed by atoms with Crippen molar-refractivity contribution >= 4 is 46.7 Å². The fourth-order valence-corrected chi connectivity index (χ4v) is 3.18. The number of anilines is 1. The van der Waals surface area contributed by atoms with Crippen molar-refractivity contribution in [2.45, 2.75) is 25.3 Å². The van der Waals surface area contributed by atoms with Gasteiger partial charge in [-0.25, -0.2) is 4.79 Å². The van der Waals surface area contributed by atoms with Gasteiger partial charge < -0.3 is 10.6 Å². The normalized spacial score (nSPS) is 23.9. The Hall–Kier alpha value is -1.79. The SMILES string of the molecule is CC1(C2CC2)NC(=O)N(CC(=O)Nc2ccc(Cl)cc2Cl)C1=O. The van der Waals surface area contributed by atoms with Gasteiger partial charge in [0.05, 0.1) is 10.7 Å². The van der Waals surface area contributed by atoms with Crippen molar-refractivity contribution in [1.82, 2.24) is 10.2 Å². The second kappa shape index (κ2) is 5.69. The second-order valence-electron chi connectivity index (χ2n) is 5.97. The van der Waals surface area contributed by atoms with Crippen LogP contribution >= 0.6 is 23.2 Å². The Labute approximate surface area is 143 Å². The van der Waals surface area contributed by atoms with Gasteiger partial charge >= 0.3 is 6.03 Å². The molecule has 0 radical (unpaired) electrons. The van der Waals surface area contributed by atoms with Gasteiger partial charge in [0, 0.05) is 5.02 Å². The lowest BCUT2D eigenvalue weighted by molar-refractivity contribution is -0.134. The van der Waals surface area contributed by atoms with Crippen LogP contribution in [0.4, 0.5) is 10.5 Å². The first kappa shape index (κ1) is 16.1. The summed E-state index contributed by atoms with van der Waals surface area (Å²) >= 11 is 11.8. The summed E-state index contributed by atoms with van der Waals surface area (Å²) in [5.41, 5.74) is -0.520. The zero-order chi connectivity index (χ0) is 16.8. The van der Waals surface area contributed by atoms with Crippen LogP contribution < -0.4 is 10.6 Å². The van der Waals surface area contributed by atoms with Gasteiger partial charge in [0.2, 0.25) is 5.91 Å². The molecule has 3 rings (SSSR count). The average Bonchev–Trinajstić information content (AvgIpc) is 3.28. The Balaban J connectivity index is 1.68. The highest BCUT2D eigenvalue weighted by atomic mass is 35.5. The summed E-state index contributed by atoms with van der Waals surface area (Å²) in [6, 6.07) is 4.10. The topological polar surface area (TPSA) is 78.5 Å². The Morgan fingerprint density at radius 2 is 2.09 bits per heavy atom. The van der Waals surface area contributed by atoms with E-state index in [0.29, 0.717) is 10.7 Å². The first-order valence-electron chi connectivity index (χ1n) is 7.20. The molecule has 0 spiro atoms. The van der Waals surface area contributed by atoms with Crippen molar-refractivity contribution in [3.63, 3.8) is 0 Å². The van der Waals surface area contributed by atoms with E-state index in [2.05, 4.69) is 10.6 Å². The van der Waals surface area contributed by atoms with Crippen molar-refractivity contribution in [1.29, 1.82) is 0 Å². The number of benzene rings is 1. The van der Waals surface area contributed by atoms with Crippen molar-refractivity contribution < 1.29 is 14.4 Å². The molecule has 1 aliphatic carbocycles. The number of nitrogens with zero attached hydrogens (tertiary/aromatic N) is 1. The molecule has 1 aromatic carbocycles. The van der Waals surface area contributed by atoms with Crippen LogP contribution in [0.3, 0.4) is 0 Å². The minimum absolute atomic E-state index is 0.151. The second-order valence-corrected chi connectivity index (χ2v) is 6.81. The van der Waals surface area contributed by atoms with E-state index in [1.807, 2.05) is 0 Å². The number of hydrogen-bond donors (Lipinski definition) is 2. The molecular weight excluding hydrogens is 341 g/mol. The average molecular weight is 356 g/mol. The van der Waals surface area contributed by atoms with Gasteiger partial charge in [0.1, 0.15) is 12.1 Å². The number of nitrogens with one attached hydrogen (secondary N) is 2. The number of amides is 4. The molecule has 2 aliphatic rings. The molecular formula is C15H15Cl2N3O3. The standard InChI is InChI=1S/C15H15Cl2N3O3/c1-15(8-2-3-8)13(22)20(14(23)19-15)7-12(21)18-11-5-4-9(16)6-10(11)17/h4-6,8H,2-3,7H2,1H3,(H,18,21)(H,19,23). The van der Waals surface area contributed by atoms with Crippen LogP contribution in [0.1, 0.15) is 19.8 Å². The van der Waals surface area contributed by atoms with Crippen molar-refractivity contribution in [3.05, 3.63) is 28.2 Å². The Kier molecular flexibility index (Phi) is 3.98. The smallest absolute Gasteiger partial charge is 0.323 e. The van der Waals surface area contributed by atoms with E-state index in [4.69, 9.17) is 23.2 Å². The Morgan fingerprint density at radius 3 is 2.70 bits per heavy atom. The maximum absolute atomic E-state index is 12.4. The van der Waals surface area contributed by atoms with Crippen molar-refractivity contribution in [2.75, 3.05) is 11.9 Å². The lowest BCUT2D eigenvalue weighted by Crippen LogP contribution is -2.46. The van der Waals surface area contributed by atoms with E-state index < -0.39 is 17.5 Å². The van der Waals surface area contributed by atoms with Gasteiger partial charge in [0.25, 0.3) is 5.91 Å². The maximum atomic E-state index is 12.4. The van der Waals surface area contributed by atoms with E-state index >= 15 is 0 Å². The minimum Gasteiger partial charge on any atom is -0.323 e. The molecule has 1 atom stereocenters. The fraction of sp³-hybridized carbons (Fsp3) is 0.400. The molecule has 1 heterocycles. The van der Waals surface area contributed by atoms with E-state index in [-0.39, 0.29) is 23.4 Å². The van der Waals surface area contributed by atoms with E-state index in [9.17, 15) is 14.4 Å². The monoisotopic (exact) mass is 355 g/mol. The summed E-state index contributed by atoms with van der Waals surface area (Å²) in [6.45, 7) is 1.35. The summed E-state index contributed by atoms with van der Waals surface area (Å²) in [7, 11) is 0. The molecule has 122 valence electrons. The van der Waals surface area contributed by atoms with Gasteiger partial charge in [-0.2, -0.15) is 0 Å². The molecule has 8 heteroatoms.